The van der Waals surface area contributed by atoms with E-state index in [-0.39, 0.29) is 21.9 Å². The molecule has 0 radical (unpaired) electrons. The fourth-order valence-electron chi connectivity index (χ4n) is 2.67. The van der Waals surface area contributed by atoms with E-state index in [4.69, 9.17) is 0 Å². The van der Waals surface area contributed by atoms with Crippen molar-refractivity contribution in [2.75, 3.05) is 0 Å². The van der Waals surface area contributed by atoms with Gasteiger partial charge in [0, 0.05) is 11.6 Å². The minimum Gasteiger partial charge on any atom is -0.293 e. The fraction of sp³-hybridized carbons (Fsp3) is 0.111. The van der Waals surface area contributed by atoms with Crippen molar-refractivity contribution in [1.82, 2.24) is 0 Å². The van der Waals surface area contributed by atoms with E-state index in [0.717, 1.165) is 5.56 Å². The molecule has 0 amide bonds. The first-order valence-corrected chi connectivity index (χ1v) is 9.60. The lowest BCUT2D eigenvalue weighted by atomic mass is 9.92. The van der Waals surface area contributed by atoms with Crippen molar-refractivity contribution < 1.29 is 23.0 Å². The van der Waals surface area contributed by atoms with Gasteiger partial charge in [-0.15, -0.1) is 10.2 Å². The minimum absolute atomic E-state index is 0.0195. The van der Waals surface area contributed by atoms with Crippen LogP contribution in [0.5, 0.6) is 0 Å². The molecule has 2 aliphatic carbocycles. The lowest BCUT2D eigenvalue weighted by Crippen LogP contribution is -2.14. The molecular weight excluding hydrogens is 386 g/mol. The standard InChI is InChI=1S/C18H15N3O6S/c1-2-11-3-7-16(21(23)24)15(9-11)19-20-18-14-6-5-13(28(25,26)27)10-12(14)4-8-17(18)22/h3-10H,2H2,1H3,(H2,25,26,27). The average Bonchev–Trinajstić information content (AvgIpc) is 2.65. The summed E-state index contributed by atoms with van der Waals surface area (Å²) in [5.41, 5.74) is 1.26. The van der Waals surface area contributed by atoms with Crippen LogP contribution < -0.4 is 0 Å². The van der Waals surface area contributed by atoms with Gasteiger partial charge in [0.05, 0.1) is 9.79 Å². The number of carbonyl (C=O) groups excluding carboxylic acids is 1. The number of benzene rings is 1. The van der Waals surface area contributed by atoms with Gasteiger partial charge in [0.25, 0.3) is 5.69 Å². The number of ketones is 1. The quantitative estimate of drug-likeness (QED) is 0.342. The van der Waals surface area contributed by atoms with Crippen molar-refractivity contribution in [1.29, 1.82) is 0 Å². The molecule has 1 aromatic rings. The molecule has 0 aliphatic heterocycles. The molecule has 3 rings (SSSR count). The molecule has 9 nitrogen and oxygen atoms in total. The number of nitro groups is 1. The highest BCUT2D eigenvalue weighted by Gasteiger charge is 2.23. The van der Waals surface area contributed by atoms with E-state index in [1.54, 1.807) is 6.07 Å². The highest BCUT2D eigenvalue weighted by Crippen LogP contribution is 2.32. The molecule has 0 saturated heterocycles. The summed E-state index contributed by atoms with van der Waals surface area (Å²) in [5.74, 6) is -0.466. The summed E-state index contributed by atoms with van der Waals surface area (Å²) in [5, 5.41) is 19.1. The summed E-state index contributed by atoms with van der Waals surface area (Å²) >= 11 is 0. The topological polar surface area (TPSA) is 142 Å². The second kappa shape index (κ2) is 7.43. The Bertz CT molecular complexity index is 1160. The zero-order valence-electron chi connectivity index (χ0n) is 14.6. The minimum atomic E-state index is -4.15. The molecule has 0 unspecified atom stereocenters. The van der Waals surface area contributed by atoms with Crippen LogP contribution in [0, 0.1) is 10.1 Å². The number of azo groups is 1. The number of aryl methyl sites for hydroxylation is 1. The number of nitrogens with zero attached hydrogens (tertiary/aromatic N) is 3. The molecule has 0 atom stereocenters. The van der Waals surface area contributed by atoms with E-state index in [9.17, 15) is 28.2 Å². The Morgan fingerprint density at radius 3 is 2.54 bits per heavy atom. The van der Waals surface area contributed by atoms with Crippen molar-refractivity contribution in [3.8, 4) is 0 Å². The molecule has 28 heavy (non-hydrogen) atoms. The van der Waals surface area contributed by atoms with Gasteiger partial charge in [-0.3, -0.25) is 24.0 Å². The molecule has 10 heteroatoms. The van der Waals surface area contributed by atoms with Gasteiger partial charge in [0.15, 0.2) is 5.69 Å². The van der Waals surface area contributed by atoms with Crippen molar-refractivity contribution in [3.63, 3.8) is 0 Å². The van der Waals surface area contributed by atoms with Crippen LogP contribution in [0.15, 0.2) is 75.7 Å². The molecule has 0 spiro atoms. The Hall–Kier alpha value is -3.21. The number of nitro benzene ring substituents is 1. The van der Waals surface area contributed by atoms with Gasteiger partial charge >= 0.3 is 0 Å². The van der Waals surface area contributed by atoms with Crippen LogP contribution in [0.25, 0.3) is 0 Å². The van der Waals surface area contributed by atoms with Crippen LogP contribution in [0.3, 0.4) is 0 Å². The second-order valence-corrected chi connectivity index (χ2v) is 7.39. The van der Waals surface area contributed by atoms with E-state index < -0.39 is 20.8 Å². The third-order valence-electron chi connectivity index (χ3n) is 4.14. The maximum atomic E-state index is 12.2. The maximum absolute atomic E-state index is 12.2. The normalized spacial score (nSPS) is 16.6. The number of carbonyl (C=O) groups is 1. The molecule has 2 aliphatic rings. The summed E-state index contributed by atoms with van der Waals surface area (Å²) in [6.07, 6.45) is 7.09. The first-order valence-electron chi connectivity index (χ1n) is 8.12. The fourth-order valence-corrected chi connectivity index (χ4v) is 3.19. The molecule has 0 saturated carbocycles. The third-order valence-corrected chi connectivity index (χ3v) is 5.00. The van der Waals surface area contributed by atoms with E-state index >= 15 is 0 Å². The summed E-state index contributed by atoms with van der Waals surface area (Å²) in [6.45, 7) is 1.89. The molecule has 0 fully saturated rings. The molecule has 0 aromatic heterocycles. The van der Waals surface area contributed by atoms with Crippen molar-refractivity contribution in [2.45, 2.75) is 13.3 Å². The van der Waals surface area contributed by atoms with Gasteiger partial charge in [-0.25, -0.2) is 4.21 Å². The van der Waals surface area contributed by atoms with Gasteiger partial charge in [-0.05, 0) is 41.9 Å². The average molecular weight is 401 g/mol. The van der Waals surface area contributed by atoms with Crippen LogP contribution in [-0.4, -0.2) is 28.9 Å². The number of fused-ring (bicyclic) bond motifs is 1. The smallest absolute Gasteiger partial charge is 0.293 e. The Kier molecular flexibility index (Phi) is 5.18. The molecule has 2 N–H and O–H groups in total. The Balaban J connectivity index is 2.09. The maximum Gasteiger partial charge on any atom is 0.296 e. The van der Waals surface area contributed by atoms with Crippen LogP contribution in [0.2, 0.25) is 0 Å². The third kappa shape index (κ3) is 3.88. The van der Waals surface area contributed by atoms with Crippen LogP contribution in [-0.2, 0) is 21.3 Å². The molecule has 1 aromatic carbocycles. The highest BCUT2D eigenvalue weighted by atomic mass is 32.2. The molecule has 0 heterocycles. The monoisotopic (exact) mass is 401 g/mol. The van der Waals surface area contributed by atoms with Crippen LogP contribution in [0.1, 0.15) is 12.5 Å². The largest absolute Gasteiger partial charge is 0.296 e. The molecule has 0 bridgehead atoms. The lowest BCUT2D eigenvalue weighted by molar-refractivity contribution is -0.384. The predicted molar refractivity (Wildman–Crippen MR) is 104 cm³/mol. The second-order valence-electron chi connectivity index (χ2n) is 5.93. The van der Waals surface area contributed by atoms with Gasteiger partial charge < -0.3 is 0 Å². The SMILES string of the molecule is CCc1ccc([N+](=O)[O-])c(N=NC2=C3C=CC(=S(=O)(O)O)C=C3C=CC2=O)c1. The lowest BCUT2D eigenvalue weighted by Gasteiger charge is -2.16. The Labute approximate surface area is 160 Å². The Morgan fingerprint density at radius 1 is 1.14 bits per heavy atom. The zero-order valence-corrected chi connectivity index (χ0v) is 15.4. The number of hydrogen-bond acceptors (Lipinski definition) is 6. The van der Waals surface area contributed by atoms with E-state index in [1.807, 2.05) is 6.92 Å². The van der Waals surface area contributed by atoms with E-state index in [2.05, 4.69) is 10.2 Å². The van der Waals surface area contributed by atoms with Gasteiger partial charge in [0.2, 0.25) is 15.9 Å². The summed E-state index contributed by atoms with van der Waals surface area (Å²) in [6, 6.07) is 4.48. The van der Waals surface area contributed by atoms with Crippen molar-refractivity contribution >= 4 is 32.1 Å². The number of rotatable bonds is 4. The van der Waals surface area contributed by atoms with E-state index in [1.165, 1.54) is 42.5 Å². The molecule has 144 valence electrons. The highest BCUT2D eigenvalue weighted by molar-refractivity contribution is 7.92. The predicted octanol–water partition coefficient (Wildman–Crippen LogP) is 3.53. The number of hydrogen-bond donors (Lipinski definition) is 2. The number of allylic oxidation sites excluding steroid dienone is 7. The van der Waals surface area contributed by atoms with Crippen LogP contribution in [0.4, 0.5) is 11.4 Å². The van der Waals surface area contributed by atoms with Crippen molar-refractivity contribution in [3.05, 3.63) is 81.1 Å². The summed E-state index contributed by atoms with van der Waals surface area (Å²) in [4.78, 5) is 22.6. The Morgan fingerprint density at radius 2 is 1.89 bits per heavy atom. The van der Waals surface area contributed by atoms with Gasteiger partial charge in [-0.2, -0.15) is 0 Å². The van der Waals surface area contributed by atoms with Gasteiger partial charge in [0.1, 0.15) is 5.70 Å². The molecular formula is C18H15N3O6S. The van der Waals surface area contributed by atoms with E-state index in [0.29, 0.717) is 17.6 Å². The summed E-state index contributed by atoms with van der Waals surface area (Å²) in [7, 11) is -4.15. The summed E-state index contributed by atoms with van der Waals surface area (Å²) < 4.78 is 29.9. The first kappa shape index (κ1) is 19.5. The van der Waals surface area contributed by atoms with Crippen LogP contribution >= 0.6 is 0 Å². The first-order chi connectivity index (χ1) is 13.2. The van der Waals surface area contributed by atoms with Gasteiger partial charge in [-0.1, -0.05) is 25.1 Å². The zero-order chi connectivity index (χ0) is 20.5. The van der Waals surface area contributed by atoms with Crippen molar-refractivity contribution in [2.24, 2.45) is 10.2 Å².